The summed E-state index contributed by atoms with van der Waals surface area (Å²) in [5, 5.41) is 11.8. The van der Waals surface area contributed by atoms with Crippen LogP contribution in [0.3, 0.4) is 0 Å². The number of nitrogens with zero attached hydrogens (tertiary/aromatic N) is 1. The fourth-order valence-corrected chi connectivity index (χ4v) is 8.38. The van der Waals surface area contributed by atoms with Crippen LogP contribution >= 0.6 is 0 Å². The molecule has 0 radical (unpaired) electrons. The van der Waals surface area contributed by atoms with Crippen molar-refractivity contribution in [1.29, 1.82) is 0 Å². The van der Waals surface area contributed by atoms with Crippen molar-refractivity contribution in [3.63, 3.8) is 0 Å². The van der Waals surface area contributed by atoms with Gasteiger partial charge in [0.1, 0.15) is 11.5 Å². The lowest BCUT2D eigenvalue weighted by atomic mass is 9.69. The van der Waals surface area contributed by atoms with Crippen LogP contribution in [0.4, 0.5) is 0 Å². The zero-order valence-electron chi connectivity index (χ0n) is 42.8. The molecule has 5 nitrogen and oxygen atoms in total. The molecule has 0 bridgehead atoms. The summed E-state index contributed by atoms with van der Waals surface area (Å²) < 4.78 is 0. The summed E-state index contributed by atoms with van der Waals surface area (Å²) in [6.45, 7) is 6.78. The molecule has 1 atom stereocenters. The molecule has 0 saturated heterocycles. The van der Waals surface area contributed by atoms with Gasteiger partial charge in [0, 0.05) is 25.8 Å². The molecule has 368 valence electrons. The first-order valence-electron chi connectivity index (χ1n) is 27.1. The second-order valence-corrected chi connectivity index (χ2v) is 18.9. The van der Waals surface area contributed by atoms with Gasteiger partial charge in [-0.3, -0.25) is 14.4 Å². The van der Waals surface area contributed by atoms with Crippen LogP contribution in [0.2, 0.25) is 0 Å². The second-order valence-electron chi connectivity index (χ2n) is 18.9. The Balaban J connectivity index is 5.16. The molecule has 0 saturated carbocycles. The largest absolute Gasteiger partial charge is 0.384 e. The van der Waals surface area contributed by atoms with E-state index in [1.807, 2.05) is 19.0 Å². The predicted octanol–water partition coefficient (Wildman–Crippen LogP) is 17.0. The third kappa shape index (κ3) is 35.6. The van der Waals surface area contributed by atoms with Gasteiger partial charge in [-0.2, -0.15) is 0 Å². The molecule has 0 fully saturated rings. The van der Waals surface area contributed by atoms with Crippen molar-refractivity contribution in [2.45, 2.75) is 258 Å². The van der Waals surface area contributed by atoms with Gasteiger partial charge in [0.15, 0.2) is 17.3 Å². The highest BCUT2D eigenvalue weighted by Crippen LogP contribution is 2.33. The van der Waals surface area contributed by atoms with E-state index in [2.05, 4.69) is 93.7 Å². The lowest BCUT2D eigenvalue weighted by molar-refractivity contribution is -0.157. The van der Waals surface area contributed by atoms with Gasteiger partial charge < -0.3 is 10.0 Å². The minimum Gasteiger partial charge on any atom is -0.384 e. The average molecular weight is 890 g/mol. The molecule has 0 aliphatic heterocycles. The van der Waals surface area contributed by atoms with E-state index in [0.717, 1.165) is 116 Å². The Morgan fingerprint density at radius 2 is 0.656 bits per heavy atom. The molecule has 0 aliphatic rings. The number of rotatable bonds is 48. The molecule has 1 N–H and O–H groups in total. The Morgan fingerprint density at radius 1 is 0.391 bits per heavy atom. The van der Waals surface area contributed by atoms with E-state index in [1.54, 1.807) is 0 Å². The number of Topliss-reactive ketones (excluding diaryl/α,β-unsaturated/α-hetero) is 3. The first-order valence-corrected chi connectivity index (χ1v) is 27.1. The molecule has 0 heterocycles. The van der Waals surface area contributed by atoms with Crippen molar-refractivity contribution >= 4 is 17.3 Å². The smallest absolute Gasteiger partial charge is 0.162 e. The quantitative estimate of drug-likeness (QED) is 0.0374. The number of unbranched alkanes of at least 4 members (excludes halogenated alkanes) is 24. The van der Waals surface area contributed by atoms with E-state index in [-0.39, 0.29) is 43.2 Å². The van der Waals surface area contributed by atoms with Crippen LogP contribution in [0, 0.1) is 5.41 Å². The summed E-state index contributed by atoms with van der Waals surface area (Å²) in [6.07, 6.45) is 62.2. The van der Waals surface area contributed by atoms with E-state index >= 15 is 0 Å². The lowest BCUT2D eigenvalue weighted by Gasteiger charge is -2.37. The van der Waals surface area contributed by atoms with Crippen LogP contribution in [0.1, 0.15) is 252 Å². The molecule has 1 unspecified atom stereocenters. The maximum absolute atomic E-state index is 14.3. The molecular weight excluding hydrogens is 787 g/mol. The van der Waals surface area contributed by atoms with Gasteiger partial charge in [-0.15, -0.1) is 0 Å². The van der Waals surface area contributed by atoms with Crippen LogP contribution in [-0.4, -0.2) is 54.1 Å². The summed E-state index contributed by atoms with van der Waals surface area (Å²) in [5.74, 6) is -0.852. The number of hydrogen-bond donors (Lipinski definition) is 1. The second kappa shape index (κ2) is 46.9. The van der Waals surface area contributed by atoms with Gasteiger partial charge in [0.2, 0.25) is 0 Å². The van der Waals surface area contributed by atoms with Gasteiger partial charge in [0.05, 0.1) is 0 Å². The normalized spacial score (nSPS) is 13.2. The van der Waals surface area contributed by atoms with Crippen molar-refractivity contribution in [3.05, 3.63) is 72.9 Å². The van der Waals surface area contributed by atoms with E-state index in [9.17, 15) is 19.5 Å². The molecule has 0 spiro atoms. The molecule has 0 aromatic rings. The van der Waals surface area contributed by atoms with Crippen LogP contribution in [-0.2, 0) is 14.4 Å². The Hall–Kier alpha value is -2.63. The third-order valence-corrected chi connectivity index (χ3v) is 12.4. The number of allylic oxidation sites excluding steroid dienone is 12. The van der Waals surface area contributed by atoms with Crippen LogP contribution in [0.5, 0.6) is 0 Å². The Morgan fingerprint density at radius 3 is 0.953 bits per heavy atom. The summed E-state index contributed by atoms with van der Waals surface area (Å²) in [4.78, 5) is 44.2. The Bertz CT molecular complexity index is 1210. The van der Waals surface area contributed by atoms with Crippen molar-refractivity contribution < 1.29 is 19.5 Å². The van der Waals surface area contributed by atoms with Gasteiger partial charge >= 0.3 is 0 Å². The number of aliphatic hydroxyl groups excluding tert-OH is 1. The van der Waals surface area contributed by atoms with Gasteiger partial charge in [-0.1, -0.05) is 190 Å². The standard InChI is InChI=1S/C59H103NO4/c1-6-9-12-15-18-21-24-27-30-33-36-39-42-45-48-51-55(61)58(64)59(54-60(4)5,56(62)52-49-46-43-40-37-34-31-28-25-22-19-16-13-10-7-2)57(63)53-50-47-44-41-38-35-32-29-26-23-20-17-14-11-8-3/h18-23,27-32,58,64H,6-17,24-26,33-54H2,1-5H3/b21-18-,22-19-,23-20-,30-27-,31-28-,32-29-. The monoisotopic (exact) mass is 890 g/mol. The maximum Gasteiger partial charge on any atom is 0.162 e. The van der Waals surface area contributed by atoms with Crippen molar-refractivity contribution in [2.24, 2.45) is 5.41 Å². The summed E-state index contributed by atoms with van der Waals surface area (Å²) in [6, 6.07) is 0. The number of carbonyl (C=O) groups excluding carboxylic acids is 3. The molecule has 64 heavy (non-hydrogen) atoms. The Kier molecular flexibility index (Phi) is 45.0. The summed E-state index contributed by atoms with van der Waals surface area (Å²) in [7, 11) is 3.67. The van der Waals surface area contributed by atoms with Gasteiger partial charge in [-0.05, 0) is 130 Å². The zero-order chi connectivity index (χ0) is 47.0. The van der Waals surface area contributed by atoms with Gasteiger partial charge in [0.25, 0.3) is 0 Å². The molecule has 0 aliphatic carbocycles. The number of hydrogen-bond acceptors (Lipinski definition) is 5. The Labute approximate surface area is 397 Å². The molecule has 5 heteroatoms. The average Bonchev–Trinajstić information content (AvgIpc) is 3.28. The fourth-order valence-electron chi connectivity index (χ4n) is 8.38. The zero-order valence-corrected chi connectivity index (χ0v) is 42.8. The van der Waals surface area contributed by atoms with Crippen LogP contribution in [0.15, 0.2) is 72.9 Å². The van der Waals surface area contributed by atoms with Crippen LogP contribution < -0.4 is 0 Å². The van der Waals surface area contributed by atoms with E-state index < -0.39 is 11.5 Å². The van der Waals surface area contributed by atoms with Crippen molar-refractivity contribution in [2.75, 3.05) is 20.6 Å². The highest BCUT2D eigenvalue weighted by molar-refractivity contribution is 6.11. The van der Waals surface area contributed by atoms with Gasteiger partial charge in [-0.25, -0.2) is 0 Å². The maximum atomic E-state index is 14.3. The first kappa shape index (κ1) is 61.4. The number of carbonyl (C=O) groups is 3. The summed E-state index contributed by atoms with van der Waals surface area (Å²) in [5.41, 5.74) is -1.71. The minimum absolute atomic E-state index is 0.0697. The van der Waals surface area contributed by atoms with E-state index in [1.165, 1.54) is 77.0 Å². The molecular formula is C59H103NO4. The molecule has 0 amide bonds. The highest BCUT2D eigenvalue weighted by Gasteiger charge is 2.52. The molecule has 0 aromatic heterocycles. The van der Waals surface area contributed by atoms with E-state index in [4.69, 9.17) is 0 Å². The topological polar surface area (TPSA) is 74.7 Å². The predicted molar refractivity (Wildman–Crippen MR) is 280 cm³/mol. The SMILES string of the molecule is CCCCC/C=C\C/C=C\CCCCCCCC(=O)C(O)C(CN(C)C)(C(=O)CCCCCCC/C=C\C/C=C\CCCCC)C(=O)CCCCCCC/C=C\C/C=C\CCCCC. The molecule has 0 rings (SSSR count). The number of aliphatic hydroxyl groups is 1. The van der Waals surface area contributed by atoms with Crippen LogP contribution in [0.25, 0.3) is 0 Å². The highest BCUT2D eigenvalue weighted by atomic mass is 16.3. The molecule has 0 aromatic carbocycles. The van der Waals surface area contributed by atoms with Crippen molar-refractivity contribution in [1.82, 2.24) is 4.90 Å². The lowest BCUT2D eigenvalue weighted by Crippen LogP contribution is -2.57. The third-order valence-electron chi connectivity index (χ3n) is 12.4. The minimum atomic E-state index is -1.71. The summed E-state index contributed by atoms with van der Waals surface area (Å²) >= 11 is 0. The number of ketones is 3. The fraction of sp³-hybridized carbons (Fsp3) is 0.746. The first-order chi connectivity index (χ1) is 31.3. The van der Waals surface area contributed by atoms with Crippen molar-refractivity contribution in [3.8, 4) is 0 Å². The van der Waals surface area contributed by atoms with E-state index in [0.29, 0.717) is 19.3 Å².